The summed E-state index contributed by atoms with van der Waals surface area (Å²) < 4.78 is 30.7. The fraction of sp³-hybridized carbons (Fsp3) is 0.280. The molecule has 0 fully saturated rings. The van der Waals surface area contributed by atoms with Gasteiger partial charge >= 0.3 is 14.0 Å². The number of aliphatic hydroxyl groups is 1. The Hall–Kier alpha value is -3.17. The Kier molecular flexibility index (Phi) is 8.24. The number of carbonyl (C=O) groups is 1. The number of halogens is 1. The predicted molar refractivity (Wildman–Crippen MR) is 125 cm³/mol. The number of carboxylic acids is 1. The number of fused-ring (bicyclic) bond motifs is 1. The molecule has 0 saturated carbocycles. The molecular weight excluding hydrogens is 444 g/mol. The average Bonchev–Trinajstić information content (AvgIpc) is 2.75. The maximum Gasteiger partial charge on any atom is 0.511 e. The van der Waals surface area contributed by atoms with Crippen LogP contribution in [0.5, 0.6) is 0 Å². The van der Waals surface area contributed by atoms with E-state index >= 15 is 0 Å². The van der Waals surface area contributed by atoms with E-state index in [1.54, 1.807) is 12.1 Å². The summed E-state index contributed by atoms with van der Waals surface area (Å²) in [7, 11) is -2.26. The Morgan fingerprint density at radius 1 is 1.18 bits per heavy atom. The number of hydrogen-bond donors (Lipinski definition) is 2. The van der Waals surface area contributed by atoms with E-state index in [9.17, 15) is 18.9 Å². The highest BCUT2D eigenvalue weighted by Gasteiger charge is 2.25. The lowest BCUT2D eigenvalue weighted by molar-refractivity contribution is -0.138. The highest BCUT2D eigenvalue weighted by atomic mass is 31.1. The number of nitrogens with zero attached hydrogens (tertiary/aromatic N) is 1. The van der Waals surface area contributed by atoms with E-state index in [1.165, 1.54) is 12.1 Å². The van der Waals surface area contributed by atoms with E-state index in [2.05, 4.69) is 25.7 Å². The second-order valence-corrected chi connectivity index (χ2v) is 9.06. The molecule has 8 heteroatoms. The van der Waals surface area contributed by atoms with Gasteiger partial charge in [-0.25, -0.2) is 9.37 Å². The number of rotatable bonds is 8. The van der Waals surface area contributed by atoms with Gasteiger partial charge in [0.25, 0.3) is 0 Å². The lowest BCUT2D eigenvalue weighted by Crippen LogP contribution is -2.15. The van der Waals surface area contributed by atoms with Crippen molar-refractivity contribution in [3.63, 3.8) is 0 Å². The topological polar surface area (TPSA) is 96.7 Å². The summed E-state index contributed by atoms with van der Waals surface area (Å²) in [5.74, 6) is 4.54. The molecule has 0 aliphatic carbocycles. The van der Waals surface area contributed by atoms with Crippen molar-refractivity contribution in [1.82, 2.24) is 4.98 Å². The quantitative estimate of drug-likeness (QED) is 0.352. The summed E-state index contributed by atoms with van der Waals surface area (Å²) in [4.78, 5) is 15.4. The molecular formula is C25H24FNO5P+. The Morgan fingerprint density at radius 2 is 1.88 bits per heavy atom. The molecule has 0 spiro atoms. The molecule has 6 nitrogen and oxygen atoms in total. The zero-order chi connectivity index (χ0) is 24.0. The third-order valence-corrected chi connectivity index (χ3v) is 6.03. The molecule has 2 N–H and O–H groups in total. The zero-order valence-electron chi connectivity index (χ0n) is 18.3. The molecule has 0 bridgehead atoms. The first kappa shape index (κ1) is 24.5. The molecule has 0 saturated heterocycles. The summed E-state index contributed by atoms with van der Waals surface area (Å²) in [6, 6.07) is 13.8. The first-order valence-electron chi connectivity index (χ1n) is 10.4. The number of pyridine rings is 1. The fourth-order valence-corrected chi connectivity index (χ4v) is 4.29. The maximum absolute atomic E-state index is 13.5. The molecule has 3 aromatic rings. The van der Waals surface area contributed by atoms with Crippen molar-refractivity contribution in [2.24, 2.45) is 0 Å². The minimum absolute atomic E-state index is 0.116. The van der Waals surface area contributed by atoms with Crippen LogP contribution in [-0.4, -0.2) is 40.0 Å². The van der Waals surface area contributed by atoms with Crippen molar-refractivity contribution >= 4 is 24.9 Å². The second kappa shape index (κ2) is 11.1. The van der Waals surface area contributed by atoms with Crippen LogP contribution in [0.2, 0.25) is 0 Å². The van der Waals surface area contributed by atoms with Crippen molar-refractivity contribution < 1.29 is 28.5 Å². The largest absolute Gasteiger partial charge is 0.511 e. The van der Waals surface area contributed by atoms with E-state index in [-0.39, 0.29) is 24.5 Å². The fourth-order valence-electron chi connectivity index (χ4n) is 3.50. The first-order valence-corrected chi connectivity index (χ1v) is 11.8. The molecule has 1 heterocycles. The molecule has 33 heavy (non-hydrogen) atoms. The third-order valence-electron chi connectivity index (χ3n) is 4.89. The Morgan fingerprint density at radius 3 is 2.55 bits per heavy atom. The Bertz CT molecular complexity index is 1230. The third kappa shape index (κ3) is 6.43. The molecule has 1 unspecified atom stereocenters. The number of para-hydroxylation sites is 1. The van der Waals surface area contributed by atoms with Crippen molar-refractivity contribution in [3.05, 3.63) is 65.5 Å². The highest BCUT2D eigenvalue weighted by molar-refractivity contribution is 7.39. The predicted octanol–water partition coefficient (Wildman–Crippen LogP) is 5.11. The molecule has 0 aliphatic heterocycles. The average molecular weight is 468 g/mol. The van der Waals surface area contributed by atoms with Crippen LogP contribution in [0.4, 0.5) is 4.39 Å². The van der Waals surface area contributed by atoms with Crippen LogP contribution >= 0.6 is 8.03 Å². The van der Waals surface area contributed by atoms with Gasteiger partial charge in [-0.1, -0.05) is 43.9 Å². The summed E-state index contributed by atoms with van der Waals surface area (Å²) in [6.07, 6.45) is -2.03. The Balaban J connectivity index is 1.95. The van der Waals surface area contributed by atoms with Gasteiger partial charge in [-0.3, -0.25) is 4.79 Å². The van der Waals surface area contributed by atoms with Crippen molar-refractivity contribution in [1.29, 1.82) is 0 Å². The minimum atomic E-state index is -2.26. The number of benzene rings is 2. The number of hydrogen-bond acceptors (Lipinski definition) is 5. The van der Waals surface area contributed by atoms with Gasteiger partial charge in [0.2, 0.25) is 6.16 Å². The number of aliphatic carboxylic acids is 1. The van der Waals surface area contributed by atoms with Crippen LogP contribution in [0.3, 0.4) is 0 Å². The molecule has 2 aromatic carbocycles. The van der Waals surface area contributed by atoms with Crippen molar-refractivity contribution in [3.8, 4) is 23.1 Å². The van der Waals surface area contributed by atoms with Gasteiger partial charge in [-0.2, -0.15) is 0 Å². The van der Waals surface area contributed by atoms with Gasteiger partial charge < -0.3 is 10.2 Å². The van der Waals surface area contributed by atoms with Gasteiger partial charge in [-0.15, -0.1) is 4.52 Å². The molecule has 2 atom stereocenters. The standard InChI is InChI=1S/C25H23FNO5P/c1-16(2)24-20-6-3-4-8-22(20)27-25(17-9-11-18(26)12-10-17)21(24)7-5-13-32-33(31)15-19(28)14-23(29)30/h3-4,6,8-12,16,19,28H,13-15H2,1-2H3/p+1/t19-/m0/s1. The number of carboxylic acid groups (broad SMARTS) is 1. The van der Waals surface area contributed by atoms with Crippen molar-refractivity contribution in [2.75, 3.05) is 12.8 Å². The van der Waals surface area contributed by atoms with Crippen LogP contribution < -0.4 is 0 Å². The van der Waals surface area contributed by atoms with Crippen LogP contribution in [0.15, 0.2) is 48.5 Å². The first-order chi connectivity index (χ1) is 15.8. The maximum atomic E-state index is 13.5. The lowest BCUT2D eigenvalue weighted by atomic mass is 9.90. The van der Waals surface area contributed by atoms with Crippen LogP contribution in [-0.2, 0) is 13.9 Å². The number of aromatic nitrogens is 1. The summed E-state index contributed by atoms with van der Waals surface area (Å²) in [6.45, 7) is 3.94. The molecule has 0 amide bonds. The van der Waals surface area contributed by atoms with Gasteiger partial charge in [0.1, 0.15) is 11.9 Å². The summed E-state index contributed by atoms with van der Waals surface area (Å²) in [5.41, 5.74) is 3.81. The van der Waals surface area contributed by atoms with Gasteiger partial charge in [0, 0.05) is 10.9 Å². The lowest BCUT2D eigenvalue weighted by Gasteiger charge is -2.16. The van der Waals surface area contributed by atoms with Crippen LogP contribution in [0.1, 0.15) is 37.3 Å². The monoisotopic (exact) mass is 468 g/mol. The van der Waals surface area contributed by atoms with Gasteiger partial charge in [0.05, 0.1) is 23.2 Å². The number of aliphatic hydroxyl groups excluding tert-OH is 1. The molecule has 1 aromatic heterocycles. The van der Waals surface area contributed by atoms with Gasteiger partial charge in [-0.05, 0) is 46.4 Å². The molecule has 170 valence electrons. The summed E-state index contributed by atoms with van der Waals surface area (Å²) in [5, 5.41) is 19.2. The van der Waals surface area contributed by atoms with Crippen LogP contribution in [0, 0.1) is 17.7 Å². The molecule has 0 aliphatic rings. The highest BCUT2D eigenvalue weighted by Crippen LogP contribution is 2.34. The summed E-state index contributed by atoms with van der Waals surface area (Å²) >= 11 is 0. The molecule has 0 radical (unpaired) electrons. The van der Waals surface area contributed by atoms with Gasteiger partial charge in [0.15, 0.2) is 6.61 Å². The smallest absolute Gasteiger partial charge is 0.481 e. The van der Waals surface area contributed by atoms with Crippen molar-refractivity contribution in [2.45, 2.75) is 32.3 Å². The molecule has 3 rings (SSSR count). The van der Waals surface area contributed by atoms with E-state index in [1.807, 2.05) is 24.3 Å². The van der Waals surface area contributed by atoms with E-state index in [0.29, 0.717) is 11.3 Å². The van der Waals surface area contributed by atoms with E-state index in [4.69, 9.17) is 14.6 Å². The van der Waals surface area contributed by atoms with E-state index in [0.717, 1.165) is 22.0 Å². The van der Waals surface area contributed by atoms with E-state index < -0.39 is 26.5 Å². The SMILES string of the molecule is CC(C)c1c(C#CCO[P+](=O)C[C@@H](O)CC(=O)O)c(-c2ccc(F)cc2)nc2ccccc12. The minimum Gasteiger partial charge on any atom is -0.481 e. The Labute approximate surface area is 192 Å². The second-order valence-electron chi connectivity index (χ2n) is 7.77. The van der Waals surface area contributed by atoms with Crippen LogP contribution in [0.25, 0.3) is 22.2 Å². The normalized spacial score (nSPS) is 12.3. The zero-order valence-corrected chi connectivity index (χ0v) is 19.2.